The maximum absolute atomic E-state index is 11.7. The first kappa shape index (κ1) is 17.0. The van der Waals surface area contributed by atoms with E-state index in [-0.39, 0.29) is 18.5 Å². The maximum Gasteiger partial charge on any atom is 0.324 e. The number of aryl methyl sites for hydroxylation is 1. The molecule has 1 fully saturated rings. The van der Waals surface area contributed by atoms with Crippen molar-refractivity contribution in [3.05, 3.63) is 42.2 Å². The molecular formula is C18H16N4O2S2. The standard InChI is InChI=1S/C18H16N4O2S2/c1-11-20-16(25-8-7-22-15(23)10-19-18(22)24)13-9-14(26-17(13)21-11)12-5-3-2-4-6-12/h2-6,9H,7-8,10H2,1H3,(H,19,24). The summed E-state index contributed by atoms with van der Waals surface area (Å²) in [6, 6.07) is 12.0. The zero-order valence-corrected chi connectivity index (χ0v) is 15.7. The van der Waals surface area contributed by atoms with Gasteiger partial charge in [0.25, 0.3) is 0 Å². The van der Waals surface area contributed by atoms with Crippen molar-refractivity contribution in [3.8, 4) is 10.4 Å². The molecule has 0 spiro atoms. The van der Waals surface area contributed by atoms with Crippen LogP contribution in [0, 0.1) is 6.92 Å². The molecule has 0 unspecified atom stereocenters. The number of benzene rings is 1. The molecule has 1 aliphatic heterocycles. The topological polar surface area (TPSA) is 75.2 Å². The molecule has 0 saturated carbocycles. The van der Waals surface area contributed by atoms with Crippen LogP contribution in [0.15, 0.2) is 41.4 Å². The average Bonchev–Trinajstić information content (AvgIpc) is 3.20. The Hall–Kier alpha value is -2.45. The third-order valence-electron chi connectivity index (χ3n) is 4.02. The average molecular weight is 384 g/mol. The lowest BCUT2D eigenvalue weighted by molar-refractivity contribution is -0.124. The number of carbonyl (C=O) groups excluding carboxylic acids is 2. The second-order valence-corrected chi connectivity index (χ2v) is 7.94. The Bertz CT molecular complexity index is 972. The quantitative estimate of drug-likeness (QED) is 0.415. The molecule has 3 aromatic rings. The van der Waals surface area contributed by atoms with E-state index in [1.807, 2.05) is 25.1 Å². The lowest BCUT2D eigenvalue weighted by Gasteiger charge is -2.11. The van der Waals surface area contributed by atoms with E-state index in [4.69, 9.17) is 0 Å². The van der Waals surface area contributed by atoms with E-state index in [0.29, 0.717) is 12.3 Å². The van der Waals surface area contributed by atoms with Crippen molar-refractivity contribution in [3.63, 3.8) is 0 Å². The van der Waals surface area contributed by atoms with Crippen LogP contribution in [0.1, 0.15) is 5.82 Å². The summed E-state index contributed by atoms with van der Waals surface area (Å²) in [6.45, 7) is 2.34. The molecular weight excluding hydrogens is 368 g/mol. The van der Waals surface area contributed by atoms with E-state index in [9.17, 15) is 9.59 Å². The van der Waals surface area contributed by atoms with Crippen LogP contribution in [0.5, 0.6) is 0 Å². The summed E-state index contributed by atoms with van der Waals surface area (Å²) in [4.78, 5) is 35.8. The van der Waals surface area contributed by atoms with E-state index in [1.165, 1.54) is 4.90 Å². The van der Waals surface area contributed by atoms with Crippen LogP contribution < -0.4 is 5.32 Å². The second-order valence-electron chi connectivity index (χ2n) is 5.82. The van der Waals surface area contributed by atoms with Crippen molar-refractivity contribution in [2.75, 3.05) is 18.8 Å². The Balaban J connectivity index is 1.57. The number of nitrogens with one attached hydrogen (secondary N) is 1. The van der Waals surface area contributed by atoms with Gasteiger partial charge in [-0.1, -0.05) is 30.3 Å². The van der Waals surface area contributed by atoms with Crippen LogP contribution in [0.3, 0.4) is 0 Å². The molecule has 4 rings (SSSR count). The predicted octanol–water partition coefficient (Wildman–Crippen LogP) is 3.31. The number of nitrogens with zero attached hydrogens (tertiary/aromatic N) is 3. The van der Waals surface area contributed by atoms with Crippen LogP contribution in [0.25, 0.3) is 20.7 Å². The smallest absolute Gasteiger partial charge is 0.324 e. The highest BCUT2D eigenvalue weighted by molar-refractivity contribution is 7.99. The van der Waals surface area contributed by atoms with Crippen LogP contribution in [0.2, 0.25) is 0 Å². The van der Waals surface area contributed by atoms with E-state index >= 15 is 0 Å². The number of amides is 3. The van der Waals surface area contributed by atoms with Gasteiger partial charge in [0.2, 0.25) is 5.91 Å². The SMILES string of the molecule is Cc1nc(SCCN2C(=O)CNC2=O)c2cc(-c3ccccc3)sc2n1. The lowest BCUT2D eigenvalue weighted by Crippen LogP contribution is -2.32. The number of thioether (sulfide) groups is 1. The first-order valence-electron chi connectivity index (χ1n) is 8.16. The fourth-order valence-corrected chi connectivity index (χ4v) is 4.89. The molecule has 2 aromatic heterocycles. The maximum atomic E-state index is 11.7. The van der Waals surface area contributed by atoms with Gasteiger partial charge in [-0.15, -0.1) is 23.1 Å². The normalized spacial score (nSPS) is 14.3. The minimum Gasteiger partial charge on any atom is -0.329 e. The monoisotopic (exact) mass is 384 g/mol. The molecule has 1 N–H and O–H groups in total. The molecule has 0 radical (unpaired) electrons. The van der Waals surface area contributed by atoms with Gasteiger partial charge in [-0.05, 0) is 18.6 Å². The minimum atomic E-state index is -0.318. The van der Waals surface area contributed by atoms with Crippen molar-refractivity contribution >= 4 is 45.3 Å². The molecule has 26 heavy (non-hydrogen) atoms. The Morgan fingerprint density at radius 2 is 2.04 bits per heavy atom. The number of carbonyl (C=O) groups is 2. The number of fused-ring (bicyclic) bond motifs is 1. The van der Waals surface area contributed by atoms with Crippen molar-refractivity contribution in [1.29, 1.82) is 0 Å². The summed E-state index contributed by atoms with van der Waals surface area (Å²) < 4.78 is 0. The number of thiophene rings is 1. The fourth-order valence-electron chi connectivity index (χ4n) is 2.77. The van der Waals surface area contributed by atoms with E-state index in [1.54, 1.807) is 23.1 Å². The third-order valence-corrected chi connectivity index (χ3v) is 6.07. The molecule has 0 bridgehead atoms. The zero-order chi connectivity index (χ0) is 18.1. The molecule has 132 valence electrons. The third kappa shape index (κ3) is 3.30. The molecule has 1 saturated heterocycles. The Morgan fingerprint density at radius 3 is 2.77 bits per heavy atom. The number of rotatable bonds is 5. The van der Waals surface area contributed by atoms with Crippen molar-refractivity contribution in [1.82, 2.24) is 20.2 Å². The van der Waals surface area contributed by atoms with Gasteiger partial charge in [0.15, 0.2) is 0 Å². The minimum absolute atomic E-state index is 0.0886. The van der Waals surface area contributed by atoms with Crippen LogP contribution >= 0.6 is 23.1 Å². The molecule has 0 aliphatic carbocycles. The number of hydrogen-bond acceptors (Lipinski definition) is 6. The fraction of sp³-hybridized carbons (Fsp3) is 0.222. The van der Waals surface area contributed by atoms with Gasteiger partial charge < -0.3 is 5.32 Å². The van der Waals surface area contributed by atoms with Gasteiger partial charge in [0.1, 0.15) is 15.7 Å². The summed E-state index contributed by atoms with van der Waals surface area (Å²) in [7, 11) is 0. The number of imide groups is 1. The summed E-state index contributed by atoms with van der Waals surface area (Å²) >= 11 is 3.19. The van der Waals surface area contributed by atoms with E-state index in [0.717, 1.165) is 31.5 Å². The second kappa shape index (κ2) is 7.05. The van der Waals surface area contributed by atoms with E-state index < -0.39 is 0 Å². The zero-order valence-electron chi connectivity index (χ0n) is 14.1. The van der Waals surface area contributed by atoms with Gasteiger partial charge in [0.05, 0.1) is 6.54 Å². The first-order chi connectivity index (χ1) is 12.6. The summed E-state index contributed by atoms with van der Waals surface area (Å²) in [6.07, 6.45) is 0. The van der Waals surface area contributed by atoms with Crippen molar-refractivity contribution < 1.29 is 9.59 Å². The molecule has 3 heterocycles. The summed E-state index contributed by atoms with van der Waals surface area (Å²) in [5.41, 5.74) is 1.16. The molecule has 1 aliphatic rings. The lowest BCUT2D eigenvalue weighted by atomic mass is 10.2. The molecule has 6 nitrogen and oxygen atoms in total. The van der Waals surface area contributed by atoms with Gasteiger partial charge in [0, 0.05) is 22.6 Å². The van der Waals surface area contributed by atoms with Crippen LogP contribution in [-0.2, 0) is 4.79 Å². The van der Waals surface area contributed by atoms with Gasteiger partial charge >= 0.3 is 6.03 Å². The summed E-state index contributed by atoms with van der Waals surface area (Å²) in [5.74, 6) is 1.14. The molecule has 0 atom stereocenters. The number of hydrogen-bond donors (Lipinski definition) is 1. The van der Waals surface area contributed by atoms with Crippen molar-refractivity contribution in [2.45, 2.75) is 11.9 Å². The number of urea groups is 1. The van der Waals surface area contributed by atoms with E-state index in [2.05, 4.69) is 33.5 Å². The molecule has 3 amide bonds. The largest absolute Gasteiger partial charge is 0.329 e. The number of aromatic nitrogens is 2. The van der Waals surface area contributed by atoms with Gasteiger partial charge in [-0.25, -0.2) is 14.8 Å². The predicted molar refractivity (Wildman–Crippen MR) is 103 cm³/mol. The first-order valence-corrected chi connectivity index (χ1v) is 9.96. The van der Waals surface area contributed by atoms with Gasteiger partial charge in [-0.2, -0.15) is 0 Å². The van der Waals surface area contributed by atoms with Gasteiger partial charge in [-0.3, -0.25) is 9.69 Å². The Morgan fingerprint density at radius 1 is 1.23 bits per heavy atom. The summed E-state index contributed by atoms with van der Waals surface area (Å²) in [5, 5.41) is 4.43. The Labute approximate surface area is 158 Å². The highest BCUT2D eigenvalue weighted by atomic mass is 32.2. The molecule has 8 heteroatoms. The highest BCUT2D eigenvalue weighted by Gasteiger charge is 2.27. The highest BCUT2D eigenvalue weighted by Crippen LogP contribution is 2.36. The van der Waals surface area contributed by atoms with Crippen molar-refractivity contribution in [2.24, 2.45) is 0 Å². The molecule has 1 aromatic carbocycles. The van der Waals surface area contributed by atoms with Crippen LogP contribution in [0.4, 0.5) is 4.79 Å². The Kier molecular flexibility index (Phi) is 4.60. The van der Waals surface area contributed by atoms with Crippen LogP contribution in [-0.4, -0.2) is 45.6 Å².